The number of aromatic nitrogens is 4. The van der Waals surface area contributed by atoms with Gasteiger partial charge in [0.2, 0.25) is 0 Å². The Morgan fingerprint density at radius 1 is 0.906 bits per heavy atom. The fraction of sp³-hybridized carbons (Fsp3) is 0.250. The van der Waals surface area contributed by atoms with Crippen molar-refractivity contribution in [3.63, 3.8) is 0 Å². The van der Waals surface area contributed by atoms with E-state index in [2.05, 4.69) is 44.7 Å². The zero-order valence-corrected chi connectivity index (χ0v) is 17.6. The van der Waals surface area contributed by atoms with Gasteiger partial charge in [-0.2, -0.15) is 0 Å². The van der Waals surface area contributed by atoms with E-state index in [1.807, 2.05) is 46.0 Å². The third-order valence-corrected chi connectivity index (χ3v) is 5.79. The fourth-order valence-corrected chi connectivity index (χ4v) is 4.17. The quantitative estimate of drug-likeness (QED) is 0.470. The molecule has 8 heteroatoms. The van der Waals surface area contributed by atoms with Crippen LogP contribution in [0.1, 0.15) is 33.5 Å². The van der Waals surface area contributed by atoms with Crippen LogP contribution in [0.2, 0.25) is 0 Å². The van der Waals surface area contributed by atoms with E-state index >= 15 is 0 Å². The van der Waals surface area contributed by atoms with Crippen LogP contribution in [0.25, 0.3) is 0 Å². The first-order valence-corrected chi connectivity index (χ1v) is 10.7. The number of tetrazole rings is 1. The molecule has 1 aliphatic rings. The summed E-state index contributed by atoms with van der Waals surface area (Å²) in [6.45, 7) is 3.25. The van der Waals surface area contributed by atoms with E-state index in [0.717, 1.165) is 17.0 Å². The first kappa shape index (κ1) is 20.1. The molecule has 1 atom stereocenters. The first-order valence-electron chi connectivity index (χ1n) is 10.7. The Morgan fingerprint density at radius 2 is 1.62 bits per heavy atom. The number of piperazine rings is 1. The Hall–Kier alpha value is -3.78. The number of rotatable bonds is 6. The summed E-state index contributed by atoms with van der Waals surface area (Å²) in [6, 6.07) is 23.8. The lowest BCUT2D eigenvalue weighted by molar-refractivity contribution is 0.0559. The highest BCUT2D eigenvalue weighted by Gasteiger charge is 2.32. The molecule has 162 valence electrons. The minimum Gasteiger partial charge on any atom is -0.459 e. The molecule has 1 aliphatic heterocycles. The number of hydrogen-bond acceptors (Lipinski definition) is 6. The lowest BCUT2D eigenvalue weighted by Gasteiger charge is -2.38. The Morgan fingerprint density at radius 3 is 2.31 bits per heavy atom. The number of carbonyl (C=O) groups is 1. The molecular formula is C24H24N6O2. The topological polar surface area (TPSA) is 80.3 Å². The summed E-state index contributed by atoms with van der Waals surface area (Å²) in [5.41, 5.74) is 2.27. The molecule has 0 unspecified atom stereocenters. The predicted molar refractivity (Wildman–Crippen MR) is 118 cm³/mol. The second kappa shape index (κ2) is 9.15. The molecule has 8 nitrogen and oxygen atoms in total. The molecule has 0 aliphatic carbocycles. The van der Waals surface area contributed by atoms with E-state index < -0.39 is 0 Å². The van der Waals surface area contributed by atoms with Gasteiger partial charge in [-0.25, -0.2) is 4.68 Å². The SMILES string of the molecule is O=C(c1ccco1)N1CCN([C@H](c2ccccc2)c2nnnn2Cc2ccccc2)CC1. The van der Waals surface area contributed by atoms with E-state index in [9.17, 15) is 4.79 Å². The molecular weight excluding hydrogens is 404 g/mol. The van der Waals surface area contributed by atoms with Gasteiger partial charge >= 0.3 is 0 Å². The van der Waals surface area contributed by atoms with Gasteiger partial charge < -0.3 is 9.32 Å². The van der Waals surface area contributed by atoms with Crippen LogP contribution in [0.4, 0.5) is 0 Å². The van der Waals surface area contributed by atoms with E-state index in [-0.39, 0.29) is 11.9 Å². The summed E-state index contributed by atoms with van der Waals surface area (Å²) in [5, 5.41) is 12.7. The van der Waals surface area contributed by atoms with Gasteiger partial charge in [0.05, 0.1) is 18.8 Å². The van der Waals surface area contributed by atoms with Gasteiger partial charge in [0.1, 0.15) is 0 Å². The van der Waals surface area contributed by atoms with Crippen LogP contribution in [0.15, 0.2) is 83.5 Å². The Balaban J connectivity index is 1.39. The molecule has 2 aromatic heterocycles. The van der Waals surface area contributed by atoms with E-state index in [0.29, 0.717) is 38.5 Å². The minimum absolute atomic E-state index is 0.0696. The van der Waals surface area contributed by atoms with Crippen LogP contribution in [0.3, 0.4) is 0 Å². The minimum atomic E-state index is -0.101. The van der Waals surface area contributed by atoms with Crippen LogP contribution in [-0.2, 0) is 6.54 Å². The molecule has 1 fully saturated rings. The zero-order chi connectivity index (χ0) is 21.8. The van der Waals surface area contributed by atoms with Gasteiger partial charge in [-0.05, 0) is 33.7 Å². The van der Waals surface area contributed by atoms with Gasteiger partial charge in [-0.3, -0.25) is 9.69 Å². The highest BCUT2D eigenvalue weighted by molar-refractivity contribution is 5.91. The van der Waals surface area contributed by atoms with Crippen molar-refractivity contribution in [3.8, 4) is 0 Å². The van der Waals surface area contributed by atoms with E-state index in [1.54, 1.807) is 12.1 Å². The number of benzene rings is 2. The average molecular weight is 428 g/mol. The monoisotopic (exact) mass is 428 g/mol. The van der Waals surface area contributed by atoms with Crippen molar-refractivity contribution in [2.75, 3.05) is 26.2 Å². The third kappa shape index (κ3) is 4.17. The lowest BCUT2D eigenvalue weighted by Crippen LogP contribution is -2.50. The summed E-state index contributed by atoms with van der Waals surface area (Å²) < 4.78 is 7.16. The Bertz CT molecular complexity index is 1140. The molecule has 0 N–H and O–H groups in total. The van der Waals surface area contributed by atoms with Crippen molar-refractivity contribution in [3.05, 3.63) is 102 Å². The molecule has 1 saturated heterocycles. The van der Waals surface area contributed by atoms with Gasteiger partial charge in [-0.15, -0.1) is 5.10 Å². The van der Waals surface area contributed by atoms with Gasteiger partial charge in [-0.1, -0.05) is 60.7 Å². The zero-order valence-electron chi connectivity index (χ0n) is 17.6. The average Bonchev–Trinajstić information content (AvgIpc) is 3.54. The second-order valence-corrected chi connectivity index (χ2v) is 7.80. The van der Waals surface area contributed by atoms with E-state index in [4.69, 9.17) is 4.42 Å². The van der Waals surface area contributed by atoms with Crippen molar-refractivity contribution in [2.24, 2.45) is 0 Å². The number of carbonyl (C=O) groups excluding carboxylic acids is 1. The fourth-order valence-electron chi connectivity index (χ4n) is 4.17. The molecule has 1 amide bonds. The highest BCUT2D eigenvalue weighted by atomic mass is 16.3. The molecule has 3 heterocycles. The Labute approximate surface area is 186 Å². The van der Waals surface area contributed by atoms with Crippen LogP contribution in [0.5, 0.6) is 0 Å². The third-order valence-electron chi connectivity index (χ3n) is 5.79. The number of amides is 1. The largest absolute Gasteiger partial charge is 0.459 e. The van der Waals surface area contributed by atoms with E-state index in [1.165, 1.54) is 6.26 Å². The van der Waals surface area contributed by atoms with Crippen molar-refractivity contribution in [2.45, 2.75) is 12.6 Å². The van der Waals surface area contributed by atoms with Gasteiger partial charge in [0.15, 0.2) is 11.6 Å². The van der Waals surface area contributed by atoms with Crippen LogP contribution >= 0.6 is 0 Å². The smallest absolute Gasteiger partial charge is 0.289 e. The maximum atomic E-state index is 12.7. The molecule has 0 radical (unpaired) electrons. The van der Waals surface area contributed by atoms with Gasteiger partial charge in [0.25, 0.3) is 5.91 Å². The summed E-state index contributed by atoms with van der Waals surface area (Å²) in [7, 11) is 0. The summed E-state index contributed by atoms with van der Waals surface area (Å²) >= 11 is 0. The highest BCUT2D eigenvalue weighted by Crippen LogP contribution is 2.28. The number of hydrogen-bond donors (Lipinski definition) is 0. The van der Waals surface area contributed by atoms with Crippen molar-refractivity contribution in [1.29, 1.82) is 0 Å². The lowest BCUT2D eigenvalue weighted by atomic mass is 10.0. The molecule has 4 aromatic rings. The molecule has 32 heavy (non-hydrogen) atoms. The second-order valence-electron chi connectivity index (χ2n) is 7.80. The van der Waals surface area contributed by atoms with Crippen molar-refractivity contribution in [1.82, 2.24) is 30.0 Å². The number of furan rings is 1. The molecule has 0 bridgehead atoms. The molecule has 0 saturated carbocycles. The van der Waals surface area contributed by atoms with Crippen LogP contribution < -0.4 is 0 Å². The van der Waals surface area contributed by atoms with Crippen LogP contribution in [-0.4, -0.2) is 62.1 Å². The Kier molecular flexibility index (Phi) is 5.76. The summed E-state index contributed by atoms with van der Waals surface area (Å²) in [6.07, 6.45) is 1.53. The number of nitrogens with zero attached hydrogens (tertiary/aromatic N) is 6. The normalized spacial score (nSPS) is 15.6. The molecule has 5 rings (SSSR count). The summed E-state index contributed by atoms with van der Waals surface area (Å²) in [5.74, 6) is 1.11. The standard InChI is InChI=1S/C24H24N6O2/c31-24(21-12-7-17-32-21)29-15-13-28(14-16-29)22(20-10-5-2-6-11-20)23-25-26-27-30(23)18-19-8-3-1-4-9-19/h1-12,17,22H,13-16,18H2/t22-/m1/s1. The summed E-state index contributed by atoms with van der Waals surface area (Å²) in [4.78, 5) is 16.8. The maximum Gasteiger partial charge on any atom is 0.289 e. The molecule has 0 spiro atoms. The molecule has 2 aromatic carbocycles. The van der Waals surface area contributed by atoms with Crippen molar-refractivity contribution >= 4 is 5.91 Å². The first-order chi connectivity index (χ1) is 15.8. The predicted octanol–water partition coefficient (Wildman–Crippen LogP) is 2.86. The maximum absolute atomic E-state index is 12.7. The van der Waals surface area contributed by atoms with Crippen LogP contribution in [0, 0.1) is 0 Å². The van der Waals surface area contributed by atoms with Crippen molar-refractivity contribution < 1.29 is 9.21 Å². The van der Waals surface area contributed by atoms with Gasteiger partial charge in [0, 0.05) is 26.2 Å².